The van der Waals surface area contributed by atoms with Gasteiger partial charge in [-0.25, -0.2) is 8.42 Å². The van der Waals surface area contributed by atoms with Gasteiger partial charge in [-0.15, -0.1) is 0 Å². The molecule has 3 heterocycles. The molecule has 3 fully saturated rings. The Morgan fingerprint density at radius 3 is 2.38 bits per heavy atom. The number of amides is 2. The lowest BCUT2D eigenvalue weighted by Gasteiger charge is -2.35. The average molecular weight is 460 g/mol. The Morgan fingerprint density at radius 2 is 1.66 bits per heavy atom. The van der Waals surface area contributed by atoms with Gasteiger partial charge < -0.3 is 9.80 Å². The largest absolute Gasteiger partial charge is 0.342 e. The van der Waals surface area contributed by atoms with Crippen LogP contribution in [0, 0.1) is 11.8 Å². The summed E-state index contributed by atoms with van der Waals surface area (Å²) in [6.45, 7) is 4.32. The lowest BCUT2D eigenvalue weighted by Crippen LogP contribution is -2.47. The third kappa shape index (κ3) is 3.96. The van der Waals surface area contributed by atoms with E-state index in [1.165, 1.54) is 4.31 Å². The molecule has 1 aromatic rings. The molecule has 4 aliphatic rings. The minimum atomic E-state index is -3.68. The maximum atomic E-state index is 13.5. The molecule has 8 heteroatoms. The fourth-order valence-electron chi connectivity index (χ4n) is 5.51. The van der Waals surface area contributed by atoms with Crippen molar-refractivity contribution in [2.45, 2.75) is 69.2 Å². The first-order valence-corrected chi connectivity index (χ1v) is 13.5. The summed E-state index contributed by atoms with van der Waals surface area (Å²) in [6.07, 6.45) is 7.27. The molecule has 5 rings (SSSR count). The topological polar surface area (TPSA) is 78.0 Å². The van der Waals surface area contributed by atoms with Crippen LogP contribution in [0.15, 0.2) is 23.1 Å². The highest BCUT2D eigenvalue weighted by atomic mass is 32.2. The zero-order valence-electron chi connectivity index (χ0n) is 18.8. The Kier molecular flexibility index (Phi) is 5.78. The Balaban J connectivity index is 1.34. The molecule has 1 aromatic carbocycles. The Hall–Kier alpha value is -1.93. The molecule has 2 amide bonds. The van der Waals surface area contributed by atoms with Crippen molar-refractivity contribution in [3.05, 3.63) is 23.8 Å². The number of rotatable bonds is 4. The zero-order chi connectivity index (χ0) is 22.5. The normalized spacial score (nSPS) is 26.8. The lowest BCUT2D eigenvalue weighted by atomic mass is 9.97. The smallest absolute Gasteiger partial charge is 0.243 e. The first-order chi connectivity index (χ1) is 15.4. The summed E-state index contributed by atoms with van der Waals surface area (Å²) in [5.41, 5.74) is 1.77. The molecule has 0 unspecified atom stereocenters. The molecule has 32 heavy (non-hydrogen) atoms. The maximum absolute atomic E-state index is 13.5. The molecule has 0 N–H and O–H groups in total. The second-order valence-corrected chi connectivity index (χ2v) is 11.9. The molecule has 1 aliphatic carbocycles. The SMILES string of the molecule is C[C@H]1Cc2cc(S(=O)(=O)N3CCC[C@H](C(=O)N4CCCCC4)C3)ccc2N1C(=O)C1CC1. The summed E-state index contributed by atoms with van der Waals surface area (Å²) in [5, 5.41) is 0. The molecule has 174 valence electrons. The van der Waals surface area contributed by atoms with E-state index in [1.807, 2.05) is 16.7 Å². The summed E-state index contributed by atoms with van der Waals surface area (Å²) >= 11 is 0. The van der Waals surface area contributed by atoms with E-state index in [1.54, 1.807) is 18.2 Å². The summed E-state index contributed by atoms with van der Waals surface area (Å²) < 4.78 is 28.4. The van der Waals surface area contributed by atoms with E-state index >= 15 is 0 Å². The number of sulfonamides is 1. The number of anilines is 1. The number of hydrogen-bond donors (Lipinski definition) is 0. The van der Waals surface area contributed by atoms with E-state index in [0.717, 1.165) is 62.9 Å². The zero-order valence-corrected chi connectivity index (χ0v) is 19.6. The van der Waals surface area contributed by atoms with Gasteiger partial charge in [0, 0.05) is 43.8 Å². The third-order valence-corrected chi connectivity index (χ3v) is 9.33. The van der Waals surface area contributed by atoms with Crippen molar-refractivity contribution in [2.75, 3.05) is 31.1 Å². The highest BCUT2D eigenvalue weighted by Crippen LogP contribution is 2.40. The standard InChI is InChI=1S/C24H33N3O4S/c1-17-14-20-15-21(9-10-22(20)27(17)24(29)18-7-8-18)32(30,31)26-13-5-6-19(16-26)23(28)25-11-3-2-4-12-25/h9-10,15,17-19H,2-8,11-14,16H2,1H3/t17-,19-/m0/s1. The van der Waals surface area contributed by atoms with E-state index in [9.17, 15) is 18.0 Å². The second kappa shape index (κ2) is 8.45. The van der Waals surface area contributed by atoms with Gasteiger partial charge in [-0.2, -0.15) is 4.31 Å². The molecule has 2 atom stereocenters. The number of hydrogen-bond acceptors (Lipinski definition) is 4. The van der Waals surface area contributed by atoms with Gasteiger partial charge in [-0.1, -0.05) is 0 Å². The van der Waals surface area contributed by atoms with Crippen molar-refractivity contribution in [1.29, 1.82) is 0 Å². The van der Waals surface area contributed by atoms with Crippen LogP contribution in [0.2, 0.25) is 0 Å². The van der Waals surface area contributed by atoms with Gasteiger partial charge in [0.2, 0.25) is 21.8 Å². The van der Waals surface area contributed by atoms with Crippen LogP contribution < -0.4 is 4.90 Å². The van der Waals surface area contributed by atoms with Crippen LogP contribution in [0.1, 0.15) is 57.4 Å². The predicted molar refractivity (Wildman–Crippen MR) is 122 cm³/mol. The maximum Gasteiger partial charge on any atom is 0.243 e. The third-order valence-electron chi connectivity index (χ3n) is 7.47. The molecule has 0 radical (unpaired) electrons. The Labute approximate surface area is 190 Å². The van der Waals surface area contributed by atoms with Gasteiger partial charge >= 0.3 is 0 Å². The number of nitrogens with zero attached hydrogens (tertiary/aromatic N) is 3. The summed E-state index contributed by atoms with van der Waals surface area (Å²) in [5.74, 6) is 0.163. The first kappa shape index (κ1) is 21.9. The molecular weight excluding hydrogens is 426 g/mol. The fourth-order valence-corrected chi connectivity index (χ4v) is 7.09. The molecule has 0 spiro atoms. The van der Waals surface area contributed by atoms with Crippen LogP contribution >= 0.6 is 0 Å². The van der Waals surface area contributed by atoms with Gasteiger partial charge in [0.25, 0.3) is 0 Å². The molecule has 0 aromatic heterocycles. The van der Waals surface area contributed by atoms with Crippen LogP contribution in [-0.2, 0) is 26.0 Å². The van der Waals surface area contributed by atoms with Gasteiger partial charge in [-0.05, 0) is 82.1 Å². The number of piperidine rings is 2. The molecule has 0 bridgehead atoms. The highest BCUT2D eigenvalue weighted by Gasteiger charge is 2.40. The van der Waals surface area contributed by atoms with Crippen molar-refractivity contribution >= 4 is 27.5 Å². The van der Waals surface area contributed by atoms with Crippen molar-refractivity contribution in [2.24, 2.45) is 11.8 Å². The van der Waals surface area contributed by atoms with Gasteiger partial charge in [0.1, 0.15) is 0 Å². The van der Waals surface area contributed by atoms with Crippen molar-refractivity contribution < 1.29 is 18.0 Å². The minimum Gasteiger partial charge on any atom is -0.342 e. The van der Waals surface area contributed by atoms with Gasteiger partial charge in [0.05, 0.1) is 10.8 Å². The summed E-state index contributed by atoms with van der Waals surface area (Å²) in [7, 11) is -3.68. The van der Waals surface area contributed by atoms with Crippen LogP contribution in [0.4, 0.5) is 5.69 Å². The molecule has 7 nitrogen and oxygen atoms in total. The quantitative estimate of drug-likeness (QED) is 0.694. The summed E-state index contributed by atoms with van der Waals surface area (Å²) in [6, 6.07) is 5.23. The molecule has 2 saturated heterocycles. The van der Waals surface area contributed by atoms with Crippen molar-refractivity contribution in [1.82, 2.24) is 9.21 Å². The molecule has 1 saturated carbocycles. The Bertz CT molecular complexity index is 1010. The fraction of sp³-hybridized carbons (Fsp3) is 0.667. The van der Waals surface area contributed by atoms with E-state index < -0.39 is 10.0 Å². The van der Waals surface area contributed by atoms with Gasteiger partial charge in [0.15, 0.2) is 0 Å². The monoisotopic (exact) mass is 459 g/mol. The first-order valence-electron chi connectivity index (χ1n) is 12.1. The van der Waals surface area contributed by atoms with E-state index in [4.69, 9.17) is 0 Å². The van der Waals surface area contributed by atoms with E-state index in [2.05, 4.69) is 0 Å². The number of fused-ring (bicyclic) bond motifs is 1. The van der Waals surface area contributed by atoms with Crippen LogP contribution in [0.5, 0.6) is 0 Å². The number of carbonyl (C=O) groups excluding carboxylic acids is 2. The molecular formula is C24H33N3O4S. The van der Waals surface area contributed by atoms with Gasteiger partial charge in [-0.3, -0.25) is 9.59 Å². The van der Waals surface area contributed by atoms with Crippen LogP contribution in [-0.4, -0.2) is 61.7 Å². The lowest BCUT2D eigenvalue weighted by molar-refractivity contribution is -0.137. The average Bonchev–Trinajstić information content (AvgIpc) is 3.60. The van der Waals surface area contributed by atoms with Crippen LogP contribution in [0.25, 0.3) is 0 Å². The van der Waals surface area contributed by atoms with E-state index in [-0.39, 0.29) is 41.1 Å². The van der Waals surface area contributed by atoms with E-state index in [0.29, 0.717) is 19.4 Å². The van der Waals surface area contributed by atoms with Crippen LogP contribution in [0.3, 0.4) is 0 Å². The number of carbonyl (C=O) groups is 2. The highest BCUT2D eigenvalue weighted by molar-refractivity contribution is 7.89. The van der Waals surface area contributed by atoms with Crippen molar-refractivity contribution in [3.8, 4) is 0 Å². The second-order valence-electron chi connectivity index (χ2n) is 9.91. The minimum absolute atomic E-state index is 0.0533. The number of likely N-dealkylation sites (tertiary alicyclic amines) is 1. The predicted octanol–water partition coefficient (Wildman–Crippen LogP) is 2.79. The van der Waals surface area contributed by atoms with Crippen molar-refractivity contribution in [3.63, 3.8) is 0 Å². The summed E-state index contributed by atoms with van der Waals surface area (Å²) in [4.78, 5) is 29.7. The Morgan fingerprint density at radius 1 is 0.906 bits per heavy atom. The number of benzene rings is 1. The molecule has 3 aliphatic heterocycles.